The summed E-state index contributed by atoms with van der Waals surface area (Å²) in [6.07, 6.45) is 2.30. The van der Waals surface area contributed by atoms with E-state index in [1.54, 1.807) is 24.3 Å². The summed E-state index contributed by atoms with van der Waals surface area (Å²) in [5.41, 5.74) is 3.04. The van der Waals surface area contributed by atoms with Crippen molar-refractivity contribution in [2.75, 3.05) is 17.1 Å². The molecule has 0 heterocycles. The van der Waals surface area contributed by atoms with E-state index in [2.05, 4.69) is 26.5 Å². The number of amides is 1. The molecule has 0 radical (unpaired) electrons. The summed E-state index contributed by atoms with van der Waals surface area (Å²) < 4.78 is 25.6. The third-order valence-electron chi connectivity index (χ3n) is 3.29. The number of rotatable bonds is 7. The maximum absolute atomic E-state index is 12.1. The van der Waals surface area contributed by atoms with Gasteiger partial charge in [-0.2, -0.15) is 5.10 Å². The number of non-ortho nitro benzene ring substituents is 1. The number of nitro benzene ring substituents is 1. The average Bonchev–Trinajstić information content (AvgIpc) is 2.59. The topological polar surface area (TPSA) is 122 Å². The molecule has 0 spiro atoms. The second kappa shape index (κ2) is 8.73. The fraction of sp³-hybridized carbons (Fsp3) is 0.125. The molecule has 0 atom stereocenters. The van der Waals surface area contributed by atoms with E-state index in [1.807, 2.05) is 0 Å². The van der Waals surface area contributed by atoms with Crippen LogP contribution < -0.4 is 9.73 Å². The minimum atomic E-state index is -3.68. The molecule has 27 heavy (non-hydrogen) atoms. The molecule has 0 aromatic heterocycles. The van der Waals surface area contributed by atoms with Crippen LogP contribution in [0.15, 0.2) is 58.1 Å². The molecule has 11 heteroatoms. The smallest absolute Gasteiger partial charge is 0.269 e. The van der Waals surface area contributed by atoms with Crippen molar-refractivity contribution in [1.82, 2.24) is 5.43 Å². The van der Waals surface area contributed by atoms with Crippen molar-refractivity contribution in [3.05, 3.63) is 68.7 Å². The molecule has 1 amide bonds. The molecule has 2 aromatic carbocycles. The number of carbonyl (C=O) groups excluding carboxylic acids is 1. The van der Waals surface area contributed by atoms with E-state index in [0.29, 0.717) is 15.7 Å². The van der Waals surface area contributed by atoms with E-state index in [1.165, 1.54) is 30.5 Å². The Morgan fingerprint density at radius 3 is 2.52 bits per heavy atom. The lowest BCUT2D eigenvalue weighted by atomic mass is 10.2. The predicted octanol–water partition coefficient (Wildman–Crippen LogP) is 2.27. The standard InChI is InChI=1S/C16H15BrN4O5S/c1-27(25,26)20(15-4-2-3-13(17)9-15)11-16(22)19-18-10-12-5-7-14(8-6-12)21(23)24/h2-10H,11H2,1H3,(H,19,22)/b18-10+. The van der Waals surface area contributed by atoms with Crippen molar-refractivity contribution in [2.24, 2.45) is 5.10 Å². The second-order valence-electron chi connectivity index (χ2n) is 5.39. The van der Waals surface area contributed by atoms with Gasteiger partial charge in [-0.1, -0.05) is 22.0 Å². The van der Waals surface area contributed by atoms with Crippen molar-refractivity contribution >= 4 is 49.4 Å². The van der Waals surface area contributed by atoms with Crippen LogP contribution >= 0.6 is 15.9 Å². The van der Waals surface area contributed by atoms with E-state index >= 15 is 0 Å². The highest BCUT2D eigenvalue weighted by Gasteiger charge is 2.20. The third-order valence-corrected chi connectivity index (χ3v) is 4.92. The van der Waals surface area contributed by atoms with Crippen LogP contribution in [0.3, 0.4) is 0 Å². The highest BCUT2D eigenvalue weighted by Crippen LogP contribution is 2.21. The lowest BCUT2D eigenvalue weighted by molar-refractivity contribution is -0.384. The molecule has 0 aliphatic carbocycles. The summed E-state index contributed by atoms with van der Waals surface area (Å²) in [6.45, 7) is -0.451. The van der Waals surface area contributed by atoms with Crippen LogP contribution in [0.4, 0.5) is 11.4 Å². The molecule has 0 unspecified atom stereocenters. The molecule has 1 N–H and O–H groups in total. The molecule has 0 fully saturated rings. The molecular formula is C16H15BrN4O5S. The number of nitro groups is 1. The fourth-order valence-electron chi connectivity index (χ4n) is 2.06. The van der Waals surface area contributed by atoms with Crippen LogP contribution in [0.2, 0.25) is 0 Å². The van der Waals surface area contributed by atoms with E-state index in [4.69, 9.17) is 0 Å². The Labute approximate surface area is 164 Å². The number of halogens is 1. The molecule has 0 saturated carbocycles. The van der Waals surface area contributed by atoms with Gasteiger partial charge in [0, 0.05) is 16.6 Å². The summed E-state index contributed by atoms with van der Waals surface area (Å²) in [4.78, 5) is 22.1. The molecule has 0 aliphatic rings. The van der Waals surface area contributed by atoms with Crippen LogP contribution in [0.5, 0.6) is 0 Å². The van der Waals surface area contributed by atoms with Crippen molar-refractivity contribution in [1.29, 1.82) is 0 Å². The normalized spacial score (nSPS) is 11.3. The van der Waals surface area contributed by atoms with Gasteiger partial charge in [-0.25, -0.2) is 13.8 Å². The zero-order chi connectivity index (χ0) is 20.0. The Balaban J connectivity index is 2.04. The van der Waals surface area contributed by atoms with Crippen LogP contribution in [0.1, 0.15) is 5.56 Å². The van der Waals surface area contributed by atoms with Crippen LogP contribution in [-0.4, -0.2) is 38.3 Å². The number of sulfonamides is 1. The lowest BCUT2D eigenvalue weighted by Crippen LogP contribution is -2.39. The molecule has 2 rings (SSSR count). The summed E-state index contributed by atoms with van der Waals surface area (Å²) in [5.74, 6) is -0.640. The first kappa shape index (κ1) is 20.5. The Morgan fingerprint density at radius 2 is 1.96 bits per heavy atom. The lowest BCUT2D eigenvalue weighted by Gasteiger charge is -2.21. The summed E-state index contributed by atoms with van der Waals surface area (Å²) in [6, 6.07) is 12.1. The van der Waals surface area contributed by atoms with Gasteiger partial charge in [-0.15, -0.1) is 0 Å². The molecule has 0 bridgehead atoms. The molecule has 9 nitrogen and oxygen atoms in total. The largest absolute Gasteiger partial charge is 0.271 e. The van der Waals surface area contributed by atoms with Gasteiger partial charge in [-0.05, 0) is 35.9 Å². The van der Waals surface area contributed by atoms with Gasteiger partial charge in [0.15, 0.2) is 0 Å². The highest BCUT2D eigenvalue weighted by molar-refractivity contribution is 9.10. The van der Waals surface area contributed by atoms with Gasteiger partial charge in [0.25, 0.3) is 11.6 Å². The van der Waals surface area contributed by atoms with Crippen LogP contribution in [0.25, 0.3) is 0 Å². The number of nitrogens with zero attached hydrogens (tertiary/aromatic N) is 3. The number of hydrazone groups is 1. The Kier molecular flexibility index (Phi) is 6.64. The minimum Gasteiger partial charge on any atom is -0.271 e. The van der Waals surface area contributed by atoms with Crippen molar-refractivity contribution < 1.29 is 18.1 Å². The third kappa shape index (κ3) is 6.15. The summed E-state index contributed by atoms with van der Waals surface area (Å²) in [5, 5.41) is 14.3. The molecule has 0 aliphatic heterocycles. The molecule has 2 aromatic rings. The fourth-order valence-corrected chi connectivity index (χ4v) is 3.29. The van der Waals surface area contributed by atoms with Crippen LogP contribution in [0, 0.1) is 10.1 Å². The highest BCUT2D eigenvalue weighted by atomic mass is 79.9. The SMILES string of the molecule is CS(=O)(=O)N(CC(=O)N/N=C/c1ccc([N+](=O)[O-])cc1)c1cccc(Br)c1. The first-order chi connectivity index (χ1) is 12.7. The van der Waals surface area contributed by atoms with Crippen molar-refractivity contribution in [3.8, 4) is 0 Å². The number of hydrogen-bond acceptors (Lipinski definition) is 6. The quantitative estimate of drug-likeness (QED) is 0.390. The number of hydrogen-bond donors (Lipinski definition) is 1. The zero-order valence-corrected chi connectivity index (χ0v) is 16.5. The van der Waals surface area contributed by atoms with Gasteiger partial charge < -0.3 is 0 Å². The average molecular weight is 455 g/mol. The van der Waals surface area contributed by atoms with Crippen molar-refractivity contribution in [2.45, 2.75) is 0 Å². The van der Waals surface area contributed by atoms with Crippen LogP contribution in [-0.2, 0) is 14.8 Å². The number of nitrogens with one attached hydrogen (secondary N) is 1. The maximum Gasteiger partial charge on any atom is 0.269 e. The monoisotopic (exact) mass is 454 g/mol. The first-order valence-corrected chi connectivity index (χ1v) is 10.1. The second-order valence-corrected chi connectivity index (χ2v) is 8.21. The number of benzene rings is 2. The minimum absolute atomic E-state index is 0.0611. The first-order valence-electron chi connectivity index (χ1n) is 7.46. The van der Waals surface area contributed by atoms with Gasteiger partial charge in [0.2, 0.25) is 10.0 Å². The summed E-state index contributed by atoms with van der Waals surface area (Å²) in [7, 11) is -3.68. The van der Waals surface area contributed by atoms with E-state index < -0.39 is 27.4 Å². The Hall–Kier alpha value is -2.79. The van der Waals surface area contributed by atoms with Gasteiger partial charge in [0.05, 0.1) is 23.1 Å². The number of carbonyl (C=O) groups is 1. The predicted molar refractivity (Wildman–Crippen MR) is 105 cm³/mol. The van der Waals surface area contributed by atoms with Crippen molar-refractivity contribution in [3.63, 3.8) is 0 Å². The summed E-state index contributed by atoms with van der Waals surface area (Å²) >= 11 is 3.26. The van der Waals surface area contributed by atoms with E-state index in [-0.39, 0.29) is 5.69 Å². The molecule has 0 saturated heterocycles. The van der Waals surface area contributed by atoms with Gasteiger partial charge >= 0.3 is 0 Å². The maximum atomic E-state index is 12.1. The molecule has 142 valence electrons. The number of anilines is 1. The molecular weight excluding hydrogens is 440 g/mol. The van der Waals surface area contributed by atoms with Gasteiger partial charge in [0.1, 0.15) is 6.54 Å². The van der Waals surface area contributed by atoms with E-state index in [9.17, 15) is 23.3 Å². The Bertz CT molecular complexity index is 977. The van der Waals surface area contributed by atoms with E-state index in [0.717, 1.165) is 10.6 Å². The Morgan fingerprint density at radius 1 is 1.30 bits per heavy atom. The zero-order valence-electron chi connectivity index (χ0n) is 14.1. The van der Waals surface area contributed by atoms with Gasteiger partial charge in [-0.3, -0.25) is 19.2 Å².